The molecule has 1 aliphatic rings. The Morgan fingerprint density at radius 1 is 1.07 bits per heavy atom. The molecule has 30 heavy (non-hydrogen) atoms. The fraction of sp³-hybridized carbons (Fsp3) is 0.273. The highest BCUT2D eigenvalue weighted by molar-refractivity contribution is 5.97. The molecule has 0 spiro atoms. The van der Waals surface area contributed by atoms with Crippen LogP contribution in [0.25, 0.3) is 0 Å². The van der Waals surface area contributed by atoms with Crippen LogP contribution in [-0.2, 0) is 25.5 Å². The summed E-state index contributed by atoms with van der Waals surface area (Å²) in [7, 11) is 0. The molecule has 1 aliphatic heterocycles. The average Bonchev–Trinajstić information content (AvgIpc) is 3.13. The van der Waals surface area contributed by atoms with E-state index in [4.69, 9.17) is 4.74 Å². The normalized spacial score (nSPS) is 15.6. The topological polar surface area (TPSA) is 105 Å². The van der Waals surface area contributed by atoms with Crippen LogP contribution in [0.15, 0.2) is 54.6 Å². The van der Waals surface area contributed by atoms with Crippen LogP contribution in [0, 0.1) is 5.92 Å². The first-order valence-electron chi connectivity index (χ1n) is 9.68. The number of amides is 3. The Labute approximate surface area is 174 Å². The van der Waals surface area contributed by atoms with Gasteiger partial charge in [-0.2, -0.15) is 0 Å². The molecule has 2 aromatic rings. The first kappa shape index (κ1) is 21.0. The van der Waals surface area contributed by atoms with Crippen LogP contribution in [0.1, 0.15) is 29.3 Å². The number of hydrogen-bond acceptors (Lipinski definition) is 5. The summed E-state index contributed by atoms with van der Waals surface area (Å²) in [5.41, 5.74) is 4.55. The number of para-hydroxylation sites is 1. The summed E-state index contributed by atoms with van der Waals surface area (Å²) < 4.78 is 5.08. The minimum absolute atomic E-state index is 0.00345. The second-order valence-electron chi connectivity index (χ2n) is 6.88. The van der Waals surface area contributed by atoms with Crippen molar-refractivity contribution < 1.29 is 23.9 Å². The van der Waals surface area contributed by atoms with Crippen molar-refractivity contribution in [1.82, 2.24) is 10.4 Å². The van der Waals surface area contributed by atoms with Crippen LogP contribution in [-0.4, -0.2) is 41.9 Å². The van der Waals surface area contributed by atoms with E-state index in [0.29, 0.717) is 11.3 Å². The number of aryl methyl sites for hydroxylation is 1. The Bertz CT molecular complexity index is 945. The Kier molecular flexibility index (Phi) is 6.79. The summed E-state index contributed by atoms with van der Waals surface area (Å²) in [6.07, 6.45) is 0.666. The van der Waals surface area contributed by atoms with Crippen molar-refractivity contribution in [1.29, 1.82) is 0 Å². The molecule has 1 atom stereocenters. The molecular formula is C22H23N3O5. The van der Waals surface area contributed by atoms with E-state index in [1.165, 1.54) is 0 Å². The number of carbonyl (C=O) groups excluding carboxylic acids is 4. The van der Waals surface area contributed by atoms with Gasteiger partial charge in [0.1, 0.15) is 0 Å². The Morgan fingerprint density at radius 2 is 1.77 bits per heavy atom. The van der Waals surface area contributed by atoms with E-state index in [0.717, 1.165) is 17.0 Å². The van der Waals surface area contributed by atoms with Crippen LogP contribution >= 0.6 is 0 Å². The Balaban J connectivity index is 1.48. The van der Waals surface area contributed by atoms with E-state index in [1.54, 1.807) is 36.4 Å². The van der Waals surface area contributed by atoms with Gasteiger partial charge in [0.25, 0.3) is 11.8 Å². The van der Waals surface area contributed by atoms with Crippen LogP contribution in [0.4, 0.5) is 5.69 Å². The maximum atomic E-state index is 12.3. The van der Waals surface area contributed by atoms with E-state index in [9.17, 15) is 19.2 Å². The minimum Gasteiger partial charge on any atom is -0.455 e. The molecule has 156 valence electrons. The molecule has 8 nitrogen and oxygen atoms in total. The fourth-order valence-electron chi connectivity index (χ4n) is 3.14. The number of anilines is 1. The molecule has 0 saturated carbocycles. The van der Waals surface area contributed by atoms with Crippen molar-refractivity contribution in [3.05, 3.63) is 65.7 Å². The third-order valence-corrected chi connectivity index (χ3v) is 4.75. The van der Waals surface area contributed by atoms with Gasteiger partial charge in [0.2, 0.25) is 5.91 Å². The zero-order valence-corrected chi connectivity index (χ0v) is 16.6. The van der Waals surface area contributed by atoms with Crippen LogP contribution in [0.5, 0.6) is 0 Å². The van der Waals surface area contributed by atoms with E-state index in [1.807, 2.05) is 25.1 Å². The molecule has 1 heterocycles. The number of nitrogens with one attached hydrogen (secondary N) is 2. The monoisotopic (exact) mass is 409 g/mol. The second kappa shape index (κ2) is 9.69. The molecular weight excluding hydrogens is 386 g/mol. The molecule has 8 heteroatoms. The van der Waals surface area contributed by atoms with Gasteiger partial charge in [0, 0.05) is 17.7 Å². The van der Waals surface area contributed by atoms with E-state index in [2.05, 4.69) is 10.7 Å². The van der Waals surface area contributed by atoms with Gasteiger partial charge in [-0.1, -0.05) is 43.3 Å². The van der Waals surface area contributed by atoms with Gasteiger partial charge in [-0.15, -0.1) is 0 Å². The van der Waals surface area contributed by atoms with Crippen molar-refractivity contribution in [2.24, 2.45) is 5.92 Å². The summed E-state index contributed by atoms with van der Waals surface area (Å²) in [6.45, 7) is 1.53. The van der Waals surface area contributed by atoms with Crippen LogP contribution < -0.4 is 10.7 Å². The molecule has 1 fully saturated rings. The second-order valence-corrected chi connectivity index (χ2v) is 6.88. The van der Waals surface area contributed by atoms with Gasteiger partial charge >= 0.3 is 5.97 Å². The highest BCUT2D eigenvalue weighted by atomic mass is 16.5. The number of hydrazine groups is 1. The quantitative estimate of drug-likeness (QED) is 0.680. The third kappa shape index (κ3) is 5.22. The molecule has 0 aliphatic carbocycles. The lowest BCUT2D eigenvalue weighted by Gasteiger charge is -2.17. The van der Waals surface area contributed by atoms with Crippen molar-refractivity contribution in [2.45, 2.75) is 19.8 Å². The molecule has 0 radical (unpaired) electrons. The SMILES string of the molecule is CCc1ccccc1NC(=O)COC(=O)[C@H]1CC(=O)N(NC(=O)c2ccccc2)C1. The third-order valence-electron chi connectivity index (χ3n) is 4.75. The standard InChI is InChI=1S/C22H23N3O5/c1-2-15-8-6-7-11-18(15)23-19(26)14-30-22(29)17-12-20(27)25(13-17)24-21(28)16-9-4-3-5-10-16/h3-11,17H,2,12-14H2,1H3,(H,23,26)(H,24,28)/t17-/m0/s1. The number of rotatable bonds is 7. The molecule has 3 amide bonds. The predicted octanol–water partition coefficient (Wildman–Crippen LogP) is 1.92. The maximum Gasteiger partial charge on any atom is 0.311 e. The highest BCUT2D eigenvalue weighted by Crippen LogP contribution is 2.18. The van der Waals surface area contributed by atoms with E-state index < -0.39 is 30.3 Å². The molecule has 1 saturated heterocycles. The van der Waals surface area contributed by atoms with Crippen LogP contribution in [0.3, 0.4) is 0 Å². The smallest absolute Gasteiger partial charge is 0.311 e. The zero-order valence-electron chi connectivity index (χ0n) is 16.6. The molecule has 0 aromatic heterocycles. The molecule has 0 bridgehead atoms. The Morgan fingerprint density at radius 3 is 2.50 bits per heavy atom. The van der Waals surface area contributed by atoms with Crippen molar-refractivity contribution >= 4 is 29.4 Å². The minimum atomic E-state index is -0.746. The van der Waals surface area contributed by atoms with Crippen molar-refractivity contribution in [3.63, 3.8) is 0 Å². The molecule has 3 rings (SSSR count). The number of benzene rings is 2. The lowest BCUT2D eigenvalue weighted by atomic mass is 10.1. The predicted molar refractivity (Wildman–Crippen MR) is 109 cm³/mol. The van der Waals surface area contributed by atoms with Gasteiger partial charge in [0.05, 0.1) is 12.5 Å². The summed E-state index contributed by atoms with van der Waals surface area (Å²) in [6, 6.07) is 15.8. The average molecular weight is 409 g/mol. The van der Waals surface area contributed by atoms with Gasteiger partial charge < -0.3 is 10.1 Å². The lowest BCUT2D eigenvalue weighted by Crippen LogP contribution is -2.43. The van der Waals surface area contributed by atoms with Gasteiger partial charge in [0.15, 0.2) is 6.61 Å². The molecule has 2 N–H and O–H groups in total. The number of ether oxygens (including phenoxy) is 1. The zero-order chi connectivity index (χ0) is 21.5. The Hall–Kier alpha value is -3.68. The van der Waals surface area contributed by atoms with Gasteiger partial charge in [-0.05, 0) is 30.2 Å². The number of esters is 1. The van der Waals surface area contributed by atoms with E-state index >= 15 is 0 Å². The van der Waals surface area contributed by atoms with Gasteiger partial charge in [-0.3, -0.25) is 29.6 Å². The summed E-state index contributed by atoms with van der Waals surface area (Å²) in [5.74, 6) is -2.68. The first-order valence-corrected chi connectivity index (χ1v) is 9.68. The first-order chi connectivity index (χ1) is 14.5. The van der Waals surface area contributed by atoms with Gasteiger partial charge in [-0.25, -0.2) is 0 Å². The van der Waals surface area contributed by atoms with Crippen molar-refractivity contribution in [3.8, 4) is 0 Å². The summed E-state index contributed by atoms with van der Waals surface area (Å²) >= 11 is 0. The molecule has 0 unspecified atom stereocenters. The largest absolute Gasteiger partial charge is 0.455 e. The van der Waals surface area contributed by atoms with Crippen LogP contribution in [0.2, 0.25) is 0 Å². The number of carbonyl (C=O) groups is 4. The number of nitrogens with zero attached hydrogens (tertiary/aromatic N) is 1. The lowest BCUT2D eigenvalue weighted by molar-refractivity contribution is -0.151. The van der Waals surface area contributed by atoms with Crippen molar-refractivity contribution in [2.75, 3.05) is 18.5 Å². The number of hydrogen-bond donors (Lipinski definition) is 2. The summed E-state index contributed by atoms with van der Waals surface area (Å²) in [5, 5.41) is 3.83. The maximum absolute atomic E-state index is 12.3. The summed E-state index contributed by atoms with van der Waals surface area (Å²) in [4.78, 5) is 48.7. The van der Waals surface area contributed by atoms with E-state index in [-0.39, 0.29) is 18.9 Å². The highest BCUT2D eigenvalue weighted by Gasteiger charge is 2.36. The fourth-order valence-corrected chi connectivity index (χ4v) is 3.14. The molecule has 2 aromatic carbocycles.